The number of thioether (sulfide) groups is 1. The maximum Gasteiger partial charge on any atom is 0.0726 e. The van der Waals surface area contributed by atoms with Crippen molar-refractivity contribution in [2.75, 3.05) is 9.80 Å². The van der Waals surface area contributed by atoms with E-state index in [0.717, 1.165) is 18.5 Å². The first kappa shape index (κ1) is 31.4. The first-order valence-corrected chi connectivity index (χ1v) is 20.7. The van der Waals surface area contributed by atoms with E-state index in [1.807, 2.05) is 23.5 Å². The lowest BCUT2D eigenvalue weighted by Gasteiger charge is -2.39. The summed E-state index contributed by atoms with van der Waals surface area (Å²) in [4.78, 5) is 10.2. The summed E-state index contributed by atoms with van der Waals surface area (Å²) in [7, 11) is 0. The van der Waals surface area contributed by atoms with E-state index in [0.29, 0.717) is 0 Å². The van der Waals surface area contributed by atoms with Crippen LogP contribution < -0.4 is 9.80 Å². The number of para-hydroxylation sites is 3. The van der Waals surface area contributed by atoms with Crippen molar-refractivity contribution >= 4 is 64.1 Å². The molecule has 0 fully saturated rings. The van der Waals surface area contributed by atoms with Gasteiger partial charge >= 0.3 is 0 Å². The zero-order valence-corrected chi connectivity index (χ0v) is 31.6. The number of hydrogen-bond donors (Lipinski definition) is 0. The fourth-order valence-electron chi connectivity index (χ4n) is 9.62. The Labute approximate surface area is 330 Å². The van der Waals surface area contributed by atoms with E-state index in [1.54, 1.807) is 0 Å². The Hall–Kier alpha value is -5.94. The smallest absolute Gasteiger partial charge is 0.0726 e. The summed E-state index contributed by atoms with van der Waals surface area (Å²) in [5.41, 5.74) is 17.1. The topological polar surface area (TPSA) is 6.48 Å². The van der Waals surface area contributed by atoms with E-state index in [1.165, 1.54) is 92.5 Å². The number of hydrogen-bond acceptors (Lipinski definition) is 4. The van der Waals surface area contributed by atoms with Gasteiger partial charge in [0.05, 0.1) is 28.2 Å². The summed E-state index contributed by atoms with van der Waals surface area (Å²) in [6.45, 7) is 0. The third kappa shape index (κ3) is 4.47. The molecule has 0 radical (unpaired) electrons. The molecule has 260 valence electrons. The van der Waals surface area contributed by atoms with E-state index in [4.69, 9.17) is 0 Å². The number of fused-ring (bicyclic) bond motifs is 13. The van der Waals surface area contributed by atoms with Crippen LogP contribution in [0.2, 0.25) is 0 Å². The zero-order chi connectivity index (χ0) is 36.1. The molecule has 0 N–H and O–H groups in total. The van der Waals surface area contributed by atoms with E-state index in [2.05, 4.69) is 192 Å². The minimum Gasteiger partial charge on any atom is -0.309 e. The van der Waals surface area contributed by atoms with Crippen LogP contribution in [0.4, 0.5) is 28.4 Å². The second kappa shape index (κ2) is 12.0. The Kier molecular flexibility index (Phi) is 6.87. The Morgan fingerprint density at radius 2 is 0.891 bits per heavy atom. The van der Waals surface area contributed by atoms with Gasteiger partial charge in [0.15, 0.2) is 0 Å². The van der Waals surface area contributed by atoms with E-state index in [-0.39, 0.29) is 0 Å². The molecular weight excluding hydrogens is 705 g/mol. The van der Waals surface area contributed by atoms with Gasteiger partial charge in [-0.1, -0.05) is 145 Å². The normalized spacial score (nSPS) is 16.3. The summed E-state index contributed by atoms with van der Waals surface area (Å²) in [6, 6.07) is 59.2. The molecule has 55 heavy (non-hydrogen) atoms. The van der Waals surface area contributed by atoms with Gasteiger partial charge in [0.1, 0.15) is 0 Å². The SMILES string of the molecule is C1=Cc2ccc(N3c4ccccc4Sc4ccccc43)cc2C2(c3cc(N4C5=CCCC=C5Sc5ccccc54)ccc31)c1ccccc1-c1ccccc12. The first-order chi connectivity index (χ1) is 27.3. The van der Waals surface area contributed by atoms with Crippen LogP contribution in [-0.2, 0) is 5.41 Å². The van der Waals surface area contributed by atoms with Gasteiger partial charge in [0.2, 0.25) is 0 Å². The molecule has 1 spiro atoms. The summed E-state index contributed by atoms with van der Waals surface area (Å²) in [5.74, 6) is 0. The van der Waals surface area contributed by atoms with Crippen molar-refractivity contribution in [2.24, 2.45) is 0 Å². The van der Waals surface area contributed by atoms with Gasteiger partial charge in [0.25, 0.3) is 0 Å². The number of rotatable bonds is 2. The molecule has 0 saturated carbocycles. The van der Waals surface area contributed by atoms with Crippen molar-refractivity contribution in [3.05, 3.63) is 214 Å². The lowest BCUT2D eigenvalue weighted by Crippen LogP contribution is -2.31. The third-order valence-electron chi connectivity index (χ3n) is 11.9. The van der Waals surface area contributed by atoms with Crippen molar-refractivity contribution in [2.45, 2.75) is 32.9 Å². The maximum absolute atomic E-state index is 2.52. The van der Waals surface area contributed by atoms with Gasteiger partial charge in [0, 0.05) is 31.0 Å². The lowest BCUT2D eigenvalue weighted by molar-refractivity contribution is 0.766. The quantitative estimate of drug-likeness (QED) is 0.174. The highest BCUT2D eigenvalue weighted by molar-refractivity contribution is 8.03. The molecule has 0 amide bonds. The standard InChI is InChI=1S/C51H34N2S2/c1-3-15-39-37(13-1)38-14-2-4-16-40(38)51(39)41-31-35(52-43-17-5-9-21-47(43)54-48-22-10-6-18-44(48)52)29-27-33(41)25-26-34-28-30-36(32-42(34)51)53-45-19-7-11-23-49(45)55-50-24-12-8-20-46(50)53/h1-7,9-11,13-32H,8,12H2. The molecule has 4 heteroatoms. The fraction of sp³-hybridized carbons (Fsp3) is 0.0588. The molecule has 0 saturated heterocycles. The minimum atomic E-state index is -0.569. The highest BCUT2D eigenvalue weighted by Gasteiger charge is 2.49. The molecule has 2 nitrogen and oxygen atoms in total. The van der Waals surface area contributed by atoms with Crippen molar-refractivity contribution in [3.63, 3.8) is 0 Å². The first-order valence-electron chi connectivity index (χ1n) is 19.1. The molecule has 0 unspecified atom stereocenters. The molecule has 0 atom stereocenters. The zero-order valence-electron chi connectivity index (χ0n) is 29.9. The predicted molar refractivity (Wildman–Crippen MR) is 231 cm³/mol. The number of nitrogens with zero attached hydrogens (tertiary/aromatic N) is 2. The third-order valence-corrected chi connectivity index (χ3v) is 14.2. The van der Waals surface area contributed by atoms with Crippen LogP contribution in [0.3, 0.4) is 0 Å². The molecule has 12 rings (SSSR count). The fourth-order valence-corrected chi connectivity index (χ4v) is 11.8. The Bertz CT molecular complexity index is 2770. The molecule has 0 bridgehead atoms. The van der Waals surface area contributed by atoms with Crippen LogP contribution in [-0.4, -0.2) is 0 Å². The largest absolute Gasteiger partial charge is 0.309 e. The molecule has 2 heterocycles. The Balaban J connectivity index is 1.16. The highest BCUT2D eigenvalue weighted by Crippen LogP contribution is 2.61. The van der Waals surface area contributed by atoms with E-state index >= 15 is 0 Å². The van der Waals surface area contributed by atoms with Crippen molar-refractivity contribution in [1.29, 1.82) is 0 Å². The van der Waals surface area contributed by atoms with Crippen molar-refractivity contribution in [3.8, 4) is 11.1 Å². The molecule has 7 aromatic carbocycles. The summed E-state index contributed by atoms with van der Waals surface area (Å²) in [6.07, 6.45) is 11.7. The Morgan fingerprint density at radius 1 is 0.418 bits per heavy atom. The summed E-state index contributed by atoms with van der Waals surface area (Å²) < 4.78 is 0. The molecular formula is C51H34N2S2. The van der Waals surface area contributed by atoms with Crippen LogP contribution in [0.1, 0.15) is 46.2 Å². The van der Waals surface area contributed by atoms with Crippen LogP contribution in [0.5, 0.6) is 0 Å². The van der Waals surface area contributed by atoms with E-state index in [9.17, 15) is 0 Å². The minimum absolute atomic E-state index is 0.569. The van der Waals surface area contributed by atoms with Gasteiger partial charge in [-0.2, -0.15) is 0 Å². The number of benzene rings is 7. The average Bonchev–Trinajstić information content (AvgIpc) is 3.46. The van der Waals surface area contributed by atoms with Gasteiger partial charge < -0.3 is 9.80 Å². The second-order valence-electron chi connectivity index (χ2n) is 14.7. The van der Waals surface area contributed by atoms with Crippen LogP contribution in [0.15, 0.2) is 195 Å². The van der Waals surface area contributed by atoms with Gasteiger partial charge in [-0.05, 0) is 118 Å². The number of allylic oxidation sites excluding steroid dienone is 2. The summed E-state index contributed by atoms with van der Waals surface area (Å²) in [5, 5.41) is 0. The lowest BCUT2D eigenvalue weighted by atomic mass is 9.66. The Morgan fingerprint density at radius 3 is 1.49 bits per heavy atom. The number of anilines is 5. The molecule has 0 aromatic heterocycles. The van der Waals surface area contributed by atoms with E-state index < -0.39 is 5.41 Å². The van der Waals surface area contributed by atoms with Crippen molar-refractivity contribution < 1.29 is 0 Å². The van der Waals surface area contributed by atoms with Gasteiger partial charge in [-0.15, -0.1) is 0 Å². The molecule has 3 aliphatic carbocycles. The molecule has 5 aliphatic rings. The molecule has 2 aliphatic heterocycles. The van der Waals surface area contributed by atoms with Crippen LogP contribution in [0, 0.1) is 0 Å². The average molecular weight is 739 g/mol. The maximum atomic E-state index is 2.52. The molecule has 7 aromatic rings. The van der Waals surface area contributed by atoms with Gasteiger partial charge in [-0.25, -0.2) is 0 Å². The van der Waals surface area contributed by atoms with Gasteiger partial charge in [-0.3, -0.25) is 0 Å². The highest BCUT2D eigenvalue weighted by atomic mass is 32.2. The van der Waals surface area contributed by atoms with Crippen LogP contribution in [0.25, 0.3) is 23.3 Å². The second-order valence-corrected chi connectivity index (χ2v) is 16.9. The predicted octanol–water partition coefficient (Wildman–Crippen LogP) is 14.3. The van der Waals surface area contributed by atoms with Crippen molar-refractivity contribution in [1.82, 2.24) is 0 Å². The van der Waals surface area contributed by atoms with Crippen LogP contribution >= 0.6 is 23.5 Å². The summed E-state index contributed by atoms with van der Waals surface area (Å²) >= 11 is 3.76. The monoisotopic (exact) mass is 738 g/mol.